The summed E-state index contributed by atoms with van der Waals surface area (Å²) in [6.07, 6.45) is 1.70. The molecule has 1 saturated heterocycles. The first-order valence-electron chi connectivity index (χ1n) is 14.6. The number of urea groups is 1. The lowest BCUT2D eigenvalue weighted by Gasteiger charge is -2.34. The van der Waals surface area contributed by atoms with E-state index >= 15 is 0 Å². The molecule has 4 N–H and O–H groups in total. The predicted octanol–water partition coefficient (Wildman–Crippen LogP) is 6.03. The van der Waals surface area contributed by atoms with Crippen LogP contribution in [0, 0.1) is 6.92 Å². The molecule has 222 valence electrons. The van der Waals surface area contributed by atoms with Crippen molar-refractivity contribution in [3.05, 3.63) is 119 Å². The highest BCUT2D eigenvalue weighted by Gasteiger charge is 2.25. The number of nitrogens with zero attached hydrogens (tertiary/aromatic N) is 2. The van der Waals surface area contributed by atoms with E-state index < -0.39 is 6.03 Å². The summed E-state index contributed by atoms with van der Waals surface area (Å²) in [4.78, 5) is 43.5. The molecule has 4 aromatic rings. The van der Waals surface area contributed by atoms with Crippen molar-refractivity contribution < 1.29 is 14.4 Å². The number of para-hydroxylation sites is 1. The average Bonchev–Trinajstić information content (AvgIpc) is 3.35. The summed E-state index contributed by atoms with van der Waals surface area (Å²) < 4.78 is 0. The third-order valence-corrected chi connectivity index (χ3v) is 7.96. The topological polar surface area (TPSA) is 106 Å². The minimum absolute atomic E-state index is 0.221. The number of rotatable bonds is 7. The molecular weight excluding hydrogens is 552 g/mol. The summed E-state index contributed by atoms with van der Waals surface area (Å²) in [6.45, 7) is 6.01. The molecule has 0 saturated carbocycles. The third kappa shape index (κ3) is 6.33. The van der Waals surface area contributed by atoms with Crippen molar-refractivity contribution in [1.82, 2.24) is 4.90 Å². The number of likely N-dealkylation sites (N-methyl/N-ethyl adjacent to an activating group) is 1. The molecule has 6 rings (SSSR count). The number of piperazine rings is 1. The molecule has 9 nitrogen and oxygen atoms in total. The number of nitrogens with one attached hydrogen (secondary N) is 4. The minimum Gasteiger partial charge on any atom is -0.369 e. The Labute approximate surface area is 256 Å². The first kappa shape index (κ1) is 28.7. The molecule has 2 aliphatic rings. The Bertz CT molecular complexity index is 1760. The second-order valence-electron chi connectivity index (χ2n) is 11.1. The van der Waals surface area contributed by atoms with Crippen LogP contribution in [0.15, 0.2) is 97.2 Å². The smallest absolute Gasteiger partial charge is 0.323 e. The van der Waals surface area contributed by atoms with Crippen LogP contribution in [-0.4, -0.2) is 55.8 Å². The number of fused-ring (bicyclic) bond motifs is 1. The zero-order valence-corrected chi connectivity index (χ0v) is 24.7. The molecule has 0 spiro atoms. The standard InChI is InChI=1S/C35H34N6O3/c1-23-6-3-4-9-31(23)39-35(44)37-27-8-5-7-24(20-27)33(42)25-10-15-29-30(34(43)38-32(29)21-25)22-36-26-11-13-28(14-12-26)41-18-16-40(2)17-19-41/h3-15,20-22,36H,16-19H2,1-2H3,(H,38,43)(H2,37,39,44). The van der Waals surface area contributed by atoms with Crippen LogP contribution < -0.4 is 26.2 Å². The Hall–Kier alpha value is -5.41. The fraction of sp³-hybridized carbons (Fsp3) is 0.171. The second-order valence-corrected chi connectivity index (χ2v) is 11.1. The van der Waals surface area contributed by atoms with Crippen molar-refractivity contribution in [1.29, 1.82) is 0 Å². The lowest BCUT2D eigenvalue weighted by atomic mass is 9.99. The van der Waals surface area contributed by atoms with Crippen LogP contribution in [-0.2, 0) is 4.79 Å². The molecular formula is C35H34N6O3. The third-order valence-electron chi connectivity index (χ3n) is 7.96. The first-order chi connectivity index (χ1) is 21.3. The van der Waals surface area contributed by atoms with Crippen molar-refractivity contribution in [3.8, 4) is 0 Å². The zero-order valence-electron chi connectivity index (χ0n) is 24.7. The summed E-state index contributed by atoms with van der Waals surface area (Å²) in [5.41, 5.74) is 6.84. The van der Waals surface area contributed by atoms with Gasteiger partial charge in [0, 0.05) is 77.5 Å². The van der Waals surface area contributed by atoms with Gasteiger partial charge in [0.15, 0.2) is 5.78 Å². The van der Waals surface area contributed by atoms with Crippen molar-refractivity contribution in [3.63, 3.8) is 0 Å². The number of benzene rings is 4. The van der Waals surface area contributed by atoms with Crippen LogP contribution in [0.2, 0.25) is 0 Å². The van der Waals surface area contributed by atoms with E-state index in [1.807, 2.05) is 43.3 Å². The largest absolute Gasteiger partial charge is 0.369 e. The lowest BCUT2D eigenvalue weighted by molar-refractivity contribution is -0.110. The highest BCUT2D eigenvalue weighted by atomic mass is 16.2. The van der Waals surface area contributed by atoms with Crippen molar-refractivity contribution in [2.24, 2.45) is 0 Å². The van der Waals surface area contributed by atoms with Crippen molar-refractivity contribution >= 4 is 51.7 Å². The Morgan fingerprint density at radius 2 is 1.55 bits per heavy atom. The Morgan fingerprint density at radius 1 is 0.795 bits per heavy atom. The summed E-state index contributed by atoms with van der Waals surface area (Å²) in [5, 5.41) is 11.7. The molecule has 0 atom stereocenters. The van der Waals surface area contributed by atoms with Gasteiger partial charge in [0.2, 0.25) is 0 Å². The van der Waals surface area contributed by atoms with Gasteiger partial charge in [-0.15, -0.1) is 0 Å². The monoisotopic (exact) mass is 586 g/mol. The van der Waals surface area contributed by atoms with Crippen LogP contribution in [0.3, 0.4) is 0 Å². The molecule has 3 amide bonds. The molecule has 44 heavy (non-hydrogen) atoms. The fourth-order valence-electron chi connectivity index (χ4n) is 5.37. The molecule has 9 heteroatoms. The molecule has 2 heterocycles. The quantitative estimate of drug-likeness (QED) is 0.156. The van der Waals surface area contributed by atoms with Gasteiger partial charge < -0.3 is 31.1 Å². The van der Waals surface area contributed by atoms with Gasteiger partial charge in [0.25, 0.3) is 5.91 Å². The van der Waals surface area contributed by atoms with Gasteiger partial charge in [0.1, 0.15) is 0 Å². The van der Waals surface area contributed by atoms with E-state index in [1.165, 1.54) is 5.69 Å². The van der Waals surface area contributed by atoms with Crippen LogP contribution in [0.5, 0.6) is 0 Å². The fourth-order valence-corrected chi connectivity index (χ4v) is 5.37. The molecule has 0 unspecified atom stereocenters. The molecule has 0 aromatic heterocycles. The van der Waals surface area contributed by atoms with Crippen LogP contribution in [0.1, 0.15) is 27.0 Å². The number of carbonyl (C=O) groups excluding carboxylic acids is 3. The maximum absolute atomic E-state index is 13.4. The molecule has 0 bridgehead atoms. The number of amides is 3. The highest BCUT2D eigenvalue weighted by molar-refractivity contribution is 6.32. The lowest BCUT2D eigenvalue weighted by Crippen LogP contribution is -2.44. The van der Waals surface area contributed by atoms with E-state index in [-0.39, 0.29) is 11.7 Å². The predicted molar refractivity (Wildman–Crippen MR) is 177 cm³/mol. The van der Waals surface area contributed by atoms with E-state index in [4.69, 9.17) is 0 Å². The molecule has 2 aliphatic heterocycles. The van der Waals surface area contributed by atoms with E-state index in [1.54, 1.807) is 48.7 Å². The van der Waals surface area contributed by atoms with Crippen LogP contribution in [0.4, 0.5) is 33.2 Å². The van der Waals surface area contributed by atoms with Gasteiger partial charge >= 0.3 is 6.03 Å². The molecule has 1 fully saturated rings. The van der Waals surface area contributed by atoms with Gasteiger partial charge in [-0.25, -0.2) is 4.79 Å². The van der Waals surface area contributed by atoms with Gasteiger partial charge in [-0.1, -0.05) is 42.5 Å². The highest BCUT2D eigenvalue weighted by Crippen LogP contribution is 2.33. The Morgan fingerprint density at radius 3 is 2.32 bits per heavy atom. The molecule has 0 radical (unpaired) electrons. The summed E-state index contributed by atoms with van der Waals surface area (Å²) in [5.74, 6) is -0.460. The maximum Gasteiger partial charge on any atom is 0.323 e. The first-order valence-corrected chi connectivity index (χ1v) is 14.6. The number of anilines is 5. The molecule has 4 aromatic carbocycles. The maximum atomic E-state index is 13.4. The van der Waals surface area contributed by atoms with E-state index in [9.17, 15) is 14.4 Å². The van der Waals surface area contributed by atoms with Crippen LogP contribution in [0.25, 0.3) is 5.57 Å². The van der Waals surface area contributed by atoms with Crippen molar-refractivity contribution in [2.45, 2.75) is 6.92 Å². The summed E-state index contributed by atoms with van der Waals surface area (Å²) >= 11 is 0. The zero-order chi connectivity index (χ0) is 30.6. The number of hydrogen-bond donors (Lipinski definition) is 4. The van der Waals surface area contributed by atoms with Gasteiger partial charge in [-0.2, -0.15) is 0 Å². The minimum atomic E-state index is -0.400. The van der Waals surface area contributed by atoms with E-state index in [0.29, 0.717) is 33.8 Å². The number of hydrogen-bond acceptors (Lipinski definition) is 6. The number of carbonyl (C=O) groups is 3. The van der Waals surface area contributed by atoms with Crippen LogP contribution >= 0.6 is 0 Å². The van der Waals surface area contributed by atoms with E-state index in [2.05, 4.69) is 50.2 Å². The number of aryl methyl sites for hydroxylation is 1. The summed E-state index contributed by atoms with van der Waals surface area (Å²) in [7, 11) is 2.14. The Balaban J connectivity index is 1.12. The van der Waals surface area contributed by atoms with Gasteiger partial charge in [0.05, 0.1) is 5.57 Å². The number of ketones is 1. The summed E-state index contributed by atoms with van der Waals surface area (Å²) in [6, 6.07) is 27.2. The Kier molecular flexibility index (Phi) is 8.12. The second kappa shape index (κ2) is 12.4. The van der Waals surface area contributed by atoms with E-state index in [0.717, 1.165) is 43.0 Å². The van der Waals surface area contributed by atoms with Gasteiger partial charge in [-0.05, 0) is 68.1 Å². The normalized spacial score (nSPS) is 15.5. The SMILES string of the molecule is Cc1ccccc1NC(=O)Nc1cccc(C(=O)c2ccc3c(c2)NC(=O)C3=CNc2ccc(N3CCN(C)CC3)cc2)c1. The molecule has 0 aliphatic carbocycles. The van der Waals surface area contributed by atoms with Gasteiger partial charge in [-0.3, -0.25) is 9.59 Å². The average molecular weight is 587 g/mol. The van der Waals surface area contributed by atoms with Crippen molar-refractivity contribution in [2.75, 3.05) is 59.4 Å².